The van der Waals surface area contributed by atoms with Crippen molar-refractivity contribution in [2.45, 2.75) is 49.3 Å². The topological polar surface area (TPSA) is 91.8 Å². The Morgan fingerprint density at radius 2 is 1.89 bits per heavy atom. The fraction of sp³-hybridized carbons (Fsp3) is 0.611. The minimum absolute atomic E-state index is 0.0357. The van der Waals surface area contributed by atoms with Gasteiger partial charge in [0.05, 0.1) is 10.6 Å². The van der Waals surface area contributed by atoms with Crippen LogP contribution in [0.15, 0.2) is 29.2 Å². The number of hydrogen-bond donors (Lipinski definition) is 0. The van der Waals surface area contributed by atoms with Crippen molar-refractivity contribution in [3.8, 4) is 0 Å². The maximum atomic E-state index is 12.5. The second-order valence-electron chi connectivity index (χ2n) is 7.11. The normalized spacial score (nSPS) is 18.7. The van der Waals surface area contributed by atoms with Crippen molar-refractivity contribution >= 4 is 25.8 Å². The van der Waals surface area contributed by atoms with Crippen LogP contribution in [0.3, 0.4) is 0 Å². The Morgan fingerprint density at radius 1 is 1.19 bits per heavy atom. The zero-order valence-electron chi connectivity index (χ0n) is 16.1. The summed E-state index contributed by atoms with van der Waals surface area (Å²) in [5.74, 6) is -1.27. The van der Waals surface area contributed by atoms with E-state index < -0.39 is 25.6 Å². The van der Waals surface area contributed by atoms with E-state index in [0.717, 1.165) is 30.0 Å². The Balaban J connectivity index is 2.13. The van der Waals surface area contributed by atoms with E-state index in [2.05, 4.69) is 0 Å². The van der Waals surface area contributed by atoms with Crippen LogP contribution in [0.2, 0.25) is 0 Å². The minimum Gasteiger partial charge on any atom is -0.339 e. The van der Waals surface area contributed by atoms with Crippen molar-refractivity contribution in [3.63, 3.8) is 0 Å². The molecule has 1 atom stereocenters. The number of sulfone groups is 1. The molecule has 0 aliphatic carbocycles. The van der Waals surface area contributed by atoms with Crippen LogP contribution in [0.25, 0.3) is 0 Å². The molecule has 1 saturated heterocycles. The van der Waals surface area contributed by atoms with E-state index in [-0.39, 0.29) is 22.6 Å². The monoisotopic (exact) mass is 416 g/mol. The highest BCUT2D eigenvalue weighted by Crippen LogP contribution is 2.21. The van der Waals surface area contributed by atoms with Gasteiger partial charge in [0, 0.05) is 26.7 Å². The standard InChI is InChI=1S/C18H28N2O5S2/c1-4-16-9-5-6-11-20(16)18(21)14-26(22,23)13-15-8-7-10-17(12-15)27(24,25)19(2)3/h7-8,10,12,16H,4-6,9,11,13-14H2,1-3H3/t16-/m1/s1. The van der Waals surface area contributed by atoms with E-state index >= 15 is 0 Å². The third-order valence-corrected chi connectivity index (χ3v) is 8.10. The number of sulfonamides is 1. The molecule has 1 fully saturated rings. The molecule has 0 spiro atoms. The smallest absolute Gasteiger partial charge is 0.242 e. The average Bonchev–Trinajstić information content (AvgIpc) is 2.60. The van der Waals surface area contributed by atoms with Gasteiger partial charge in [-0.15, -0.1) is 0 Å². The molecule has 0 radical (unpaired) electrons. The molecule has 1 aromatic rings. The van der Waals surface area contributed by atoms with E-state index in [1.807, 2.05) is 6.92 Å². The lowest BCUT2D eigenvalue weighted by Crippen LogP contribution is -2.45. The van der Waals surface area contributed by atoms with Gasteiger partial charge in [0.2, 0.25) is 15.9 Å². The summed E-state index contributed by atoms with van der Waals surface area (Å²) in [6.07, 6.45) is 3.68. The molecule has 0 N–H and O–H groups in total. The van der Waals surface area contributed by atoms with Crippen LogP contribution in [0.1, 0.15) is 38.2 Å². The van der Waals surface area contributed by atoms with Crippen LogP contribution in [0.5, 0.6) is 0 Å². The number of carbonyl (C=O) groups excluding carboxylic acids is 1. The third-order valence-electron chi connectivity index (χ3n) is 4.83. The van der Waals surface area contributed by atoms with Gasteiger partial charge < -0.3 is 4.90 Å². The minimum atomic E-state index is -3.70. The Morgan fingerprint density at radius 3 is 2.52 bits per heavy atom. The highest BCUT2D eigenvalue weighted by Gasteiger charge is 2.29. The van der Waals surface area contributed by atoms with Crippen molar-refractivity contribution in [2.24, 2.45) is 0 Å². The fourth-order valence-electron chi connectivity index (χ4n) is 3.34. The SMILES string of the molecule is CC[C@@H]1CCCCN1C(=O)CS(=O)(=O)Cc1cccc(S(=O)(=O)N(C)C)c1. The van der Waals surface area contributed by atoms with E-state index in [4.69, 9.17) is 0 Å². The molecule has 1 aliphatic rings. The van der Waals surface area contributed by atoms with Gasteiger partial charge in [-0.1, -0.05) is 19.1 Å². The highest BCUT2D eigenvalue weighted by molar-refractivity contribution is 7.91. The van der Waals surface area contributed by atoms with Gasteiger partial charge in [-0.2, -0.15) is 0 Å². The lowest BCUT2D eigenvalue weighted by Gasteiger charge is -2.35. The first-order valence-electron chi connectivity index (χ1n) is 9.08. The molecule has 27 heavy (non-hydrogen) atoms. The van der Waals surface area contributed by atoms with Crippen molar-refractivity contribution in [2.75, 3.05) is 26.4 Å². The molecule has 9 heteroatoms. The molecule has 0 unspecified atom stereocenters. The van der Waals surface area contributed by atoms with Gasteiger partial charge in [-0.25, -0.2) is 21.1 Å². The molecule has 0 saturated carbocycles. The summed E-state index contributed by atoms with van der Waals surface area (Å²) < 4.78 is 50.6. The molecule has 2 rings (SSSR count). The average molecular weight is 417 g/mol. The number of hydrogen-bond acceptors (Lipinski definition) is 5. The summed E-state index contributed by atoms with van der Waals surface area (Å²) in [5, 5.41) is 0. The van der Waals surface area contributed by atoms with Crippen molar-refractivity contribution in [3.05, 3.63) is 29.8 Å². The van der Waals surface area contributed by atoms with E-state index in [1.165, 1.54) is 32.3 Å². The number of benzene rings is 1. The Hall–Kier alpha value is -1.45. The summed E-state index contributed by atoms with van der Waals surface area (Å²) in [5.41, 5.74) is 0.358. The van der Waals surface area contributed by atoms with Gasteiger partial charge in [0.25, 0.3) is 0 Å². The van der Waals surface area contributed by atoms with Gasteiger partial charge in [0.15, 0.2) is 9.84 Å². The lowest BCUT2D eigenvalue weighted by atomic mass is 10.0. The van der Waals surface area contributed by atoms with Gasteiger partial charge in [-0.05, 0) is 43.4 Å². The number of carbonyl (C=O) groups is 1. The summed E-state index contributed by atoms with van der Waals surface area (Å²) in [6.45, 7) is 2.60. The molecule has 0 aromatic heterocycles. The van der Waals surface area contributed by atoms with Gasteiger partial charge in [-0.3, -0.25) is 4.79 Å². The Kier molecular flexibility index (Phi) is 7.04. The summed E-state index contributed by atoms with van der Waals surface area (Å²) in [6, 6.07) is 5.96. The predicted octanol–water partition coefficient (Wildman–Crippen LogP) is 1.64. The quantitative estimate of drug-likeness (QED) is 0.674. The number of nitrogens with zero attached hydrogens (tertiary/aromatic N) is 2. The third kappa shape index (κ3) is 5.52. The van der Waals surface area contributed by atoms with Crippen LogP contribution in [0, 0.1) is 0 Å². The van der Waals surface area contributed by atoms with Crippen molar-refractivity contribution < 1.29 is 21.6 Å². The maximum Gasteiger partial charge on any atom is 0.242 e. The first-order chi connectivity index (χ1) is 12.6. The second-order valence-corrected chi connectivity index (χ2v) is 11.3. The highest BCUT2D eigenvalue weighted by atomic mass is 32.2. The number of piperidine rings is 1. The maximum absolute atomic E-state index is 12.5. The molecule has 1 heterocycles. The Bertz CT molecular complexity index is 879. The number of amides is 1. The molecular formula is C18H28N2O5S2. The van der Waals surface area contributed by atoms with Crippen LogP contribution < -0.4 is 0 Å². The lowest BCUT2D eigenvalue weighted by molar-refractivity contribution is -0.132. The molecule has 1 aliphatic heterocycles. The molecule has 1 aromatic carbocycles. The number of rotatable bonds is 7. The van der Waals surface area contributed by atoms with Crippen molar-refractivity contribution in [1.29, 1.82) is 0 Å². The Labute approximate surface area is 162 Å². The summed E-state index contributed by atoms with van der Waals surface area (Å²) >= 11 is 0. The molecule has 7 nitrogen and oxygen atoms in total. The zero-order valence-corrected chi connectivity index (χ0v) is 17.7. The summed E-state index contributed by atoms with van der Waals surface area (Å²) in [4.78, 5) is 14.3. The molecule has 1 amide bonds. The number of likely N-dealkylation sites (tertiary alicyclic amines) is 1. The molecule has 0 bridgehead atoms. The molecule has 152 valence electrons. The fourth-order valence-corrected chi connectivity index (χ4v) is 5.64. The van der Waals surface area contributed by atoms with E-state index in [9.17, 15) is 21.6 Å². The molecular weight excluding hydrogens is 388 g/mol. The zero-order chi connectivity index (χ0) is 20.2. The van der Waals surface area contributed by atoms with Crippen LogP contribution in [-0.4, -0.2) is 64.4 Å². The summed E-state index contributed by atoms with van der Waals surface area (Å²) in [7, 11) is -4.51. The van der Waals surface area contributed by atoms with Crippen molar-refractivity contribution in [1.82, 2.24) is 9.21 Å². The largest absolute Gasteiger partial charge is 0.339 e. The van der Waals surface area contributed by atoms with Crippen LogP contribution >= 0.6 is 0 Å². The first kappa shape index (κ1) is 21.8. The van der Waals surface area contributed by atoms with Crippen LogP contribution in [-0.2, 0) is 30.4 Å². The second kappa shape index (κ2) is 8.70. The van der Waals surface area contributed by atoms with E-state index in [1.54, 1.807) is 11.0 Å². The van der Waals surface area contributed by atoms with Gasteiger partial charge in [0.1, 0.15) is 5.75 Å². The van der Waals surface area contributed by atoms with Crippen LogP contribution in [0.4, 0.5) is 0 Å². The predicted molar refractivity (Wildman–Crippen MR) is 104 cm³/mol. The van der Waals surface area contributed by atoms with Gasteiger partial charge >= 0.3 is 0 Å². The van der Waals surface area contributed by atoms with E-state index in [0.29, 0.717) is 12.1 Å². The first-order valence-corrected chi connectivity index (χ1v) is 12.3.